The van der Waals surface area contributed by atoms with Crippen LogP contribution in [0.3, 0.4) is 0 Å². The molecule has 0 bridgehead atoms. The molecule has 0 aromatic heterocycles. The van der Waals surface area contributed by atoms with E-state index in [9.17, 15) is 5.11 Å². The third-order valence-corrected chi connectivity index (χ3v) is 4.26. The standard InChI is InChI=1S/C13H16Cl2O/c14-11-7-3-6-10(13(11)15)8-12(16)9-4-1-2-5-9/h3,6-7,9,12,16H,1-2,4-5,8H2. The van der Waals surface area contributed by atoms with Crippen LogP contribution in [-0.2, 0) is 6.42 Å². The minimum absolute atomic E-state index is 0.279. The van der Waals surface area contributed by atoms with E-state index in [4.69, 9.17) is 23.2 Å². The molecule has 1 fully saturated rings. The lowest BCUT2D eigenvalue weighted by atomic mass is 9.95. The van der Waals surface area contributed by atoms with E-state index in [1.54, 1.807) is 6.07 Å². The second-order valence-electron chi connectivity index (χ2n) is 4.53. The van der Waals surface area contributed by atoms with Crippen molar-refractivity contribution in [2.75, 3.05) is 0 Å². The number of halogens is 2. The van der Waals surface area contributed by atoms with E-state index < -0.39 is 0 Å². The third kappa shape index (κ3) is 2.71. The van der Waals surface area contributed by atoms with Gasteiger partial charge in [0.25, 0.3) is 0 Å². The van der Waals surface area contributed by atoms with Crippen molar-refractivity contribution < 1.29 is 5.11 Å². The maximum absolute atomic E-state index is 10.1. The smallest absolute Gasteiger partial charge is 0.0625 e. The zero-order valence-electron chi connectivity index (χ0n) is 9.13. The molecule has 16 heavy (non-hydrogen) atoms. The Morgan fingerprint density at radius 3 is 2.62 bits per heavy atom. The fraction of sp³-hybridized carbons (Fsp3) is 0.538. The molecule has 2 rings (SSSR count). The summed E-state index contributed by atoms with van der Waals surface area (Å²) in [4.78, 5) is 0. The van der Waals surface area contributed by atoms with Gasteiger partial charge in [0.15, 0.2) is 0 Å². The summed E-state index contributed by atoms with van der Waals surface area (Å²) in [5.41, 5.74) is 0.952. The molecule has 1 aromatic carbocycles. The largest absolute Gasteiger partial charge is 0.392 e. The first kappa shape index (κ1) is 12.2. The minimum Gasteiger partial charge on any atom is -0.392 e. The van der Waals surface area contributed by atoms with E-state index in [1.807, 2.05) is 12.1 Å². The molecule has 1 saturated carbocycles. The second-order valence-corrected chi connectivity index (χ2v) is 5.31. The summed E-state index contributed by atoms with van der Waals surface area (Å²) in [7, 11) is 0. The van der Waals surface area contributed by atoms with Crippen molar-refractivity contribution in [3.05, 3.63) is 33.8 Å². The lowest BCUT2D eigenvalue weighted by Gasteiger charge is -2.18. The number of aliphatic hydroxyl groups is 1. The molecule has 0 saturated heterocycles. The van der Waals surface area contributed by atoms with Crippen molar-refractivity contribution in [3.63, 3.8) is 0 Å². The molecule has 1 aromatic rings. The Morgan fingerprint density at radius 1 is 1.25 bits per heavy atom. The second kappa shape index (κ2) is 5.39. The number of hydrogen-bond acceptors (Lipinski definition) is 1. The fourth-order valence-corrected chi connectivity index (χ4v) is 2.84. The van der Waals surface area contributed by atoms with Gasteiger partial charge in [-0.15, -0.1) is 0 Å². The summed E-state index contributed by atoms with van der Waals surface area (Å²) in [6.45, 7) is 0. The van der Waals surface area contributed by atoms with Gasteiger partial charge in [-0.3, -0.25) is 0 Å². The van der Waals surface area contributed by atoms with Crippen LogP contribution in [0.25, 0.3) is 0 Å². The summed E-state index contributed by atoms with van der Waals surface area (Å²) in [6.07, 6.45) is 5.09. The molecule has 1 atom stereocenters. The maximum atomic E-state index is 10.1. The van der Waals surface area contributed by atoms with Gasteiger partial charge in [-0.2, -0.15) is 0 Å². The molecule has 0 radical (unpaired) electrons. The van der Waals surface area contributed by atoms with Crippen LogP contribution in [0, 0.1) is 5.92 Å². The average molecular weight is 259 g/mol. The molecule has 0 aliphatic heterocycles. The number of hydrogen-bond donors (Lipinski definition) is 1. The Hall–Kier alpha value is -0.240. The molecule has 1 unspecified atom stereocenters. The Balaban J connectivity index is 2.05. The van der Waals surface area contributed by atoms with Crippen LogP contribution in [0.1, 0.15) is 31.2 Å². The topological polar surface area (TPSA) is 20.2 Å². The van der Waals surface area contributed by atoms with Gasteiger partial charge in [0.1, 0.15) is 0 Å². The molecule has 3 heteroatoms. The zero-order chi connectivity index (χ0) is 11.5. The Bertz CT molecular complexity index is 359. The van der Waals surface area contributed by atoms with Gasteiger partial charge < -0.3 is 5.11 Å². The fourth-order valence-electron chi connectivity index (χ4n) is 2.44. The molecule has 88 valence electrons. The van der Waals surface area contributed by atoms with Gasteiger partial charge in [-0.05, 0) is 30.4 Å². The zero-order valence-corrected chi connectivity index (χ0v) is 10.6. The van der Waals surface area contributed by atoms with Crippen molar-refractivity contribution in [1.82, 2.24) is 0 Å². The van der Waals surface area contributed by atoms with Crippen molar-refractivity contribution in [2.24, 2.45) is 5.92 Å². The number of rotatable bonds is 3. The van der Waals surface area contributed by atoms with E-state index in [1.165, 1.54) is 12.8 Å². The van der Waals surface area contributed by atoms with Crippen molar-refractivity contribution in [3.8, 4) is 0 Å². The van der Waals surface area contributed by atoms with Gasteiger partial charge in [-0.25, -0.2) is 0 Å². The molecule has 1 nitrogen and oxygen atoms in total. The van der Waals surface area contributed by atoms with E-state index >= 15 is 0 Å². The molecular formula is C13H16Cl2O. The van der Waals surface area contributed by atoms with Gasteiger partial charge in [0.2, 0.25) is 0 Å². The highest BCUT2D eigenvalue weighted by Crippen LogP contribution is 2.32. The minimum atomic E-state index is -0.279. The quantitative estimate of drug-likeness (QED) is 0.866. The van der Waals surface area contributed by atoms with Gasteiger partial charge in [0, 0.05) is 6.42 Å². The Morgan fingerprint density at radius 2 is 1.94 bits per heavy atom. The first-order chi connectivity index (χ1) is 7.68. The molecule has 1 N–H and O–H groups in total. The van der Waals surface area contributed by atoms with E-state index in [0.717, 1.165) is 18.4 Å². The highest BCUT2D eigenvalue weighted by atomic mass is 35.5. The lowest BCUT2D eigenvalue weighted by Crippen LogP contribution is -2.20. The molecule has 0 amide bonds. The Labute approximate surface area is 106 Å². The van der Waals surface area contributed by atoms with Crippen molar-refractivity contribution >= 4 is 23.2 Å². The van der Waals surface area contributed by atoms with Gasteiger partial charge in [-0.1, -0.05) is 48.2 Å². The van der Waals surface area contributed by atoms with Crippen LogP contribution in [-0.4, -0.2) is 11.2 Å². The molecule has 0 heterocycles. The van der Waals surface area contributed by atoms with Crippen molar-refractivity contribution in [2.45, 2.75) is 38.2 Å². The monoisotopic (exact) mass is 258 g/mol. The van der Waals surface area contributed by atoms with Crippen LogP contribution in [0.15, 0.2) is 18.2 Å². The summed E-state index contributed by atoms with van der Waals surface area (Å²) in [5.74, 6) is 0.440. The van der Waals surface area contributed by atoms with Crippen LogP contribution in [0.4, 0.5) is 0 Å². The summed E-state index contributed by atoms with van der Waals surface area (Å²) < 4.78 is 0. The molecule has 0 spiro atoms. The Kier molecular flexibility index (Phi) is 4.12. The van der Waals surface area contributed by atoms with E-state index in [2.05, 4.69) is 0 Å². The predicted octanol–water partition coefficient (Wildman–Crippen LogP) is 4.09. The normalized spacial score (nSPS) is 18.9. The average Bonchev–Trinajstić information content (AvgIpc) is 2.78. The van der Waals surface area contributed by atoms with Crippen LogP contribution >= 0.6 is 23.2 Å². The summed E-state index contributed by atoms with van der Waals surface area (Å²) in [6, 6.07) is 5.59. The summed E-state index contributed by atoms with van der Waals surface area (Å²) in [5, 5.41) is 11.3. The highest BCUT2D eigenvalue weighted by molar-refractivity contribution is 6.42. The highest BCUT2D eigenvalue weighted by Gasteiger charge is 2.23. The maximum Gasteiger partial charge on any atom is 0.0625 e. The third-order valence-electron chi connectivity index (χ3n) is 3.40. The number of benzene rings is 1. The van der Waals surface area contributed by atoms with Gasteiger partial charge >= 0.3 is 0 Å². The van der Waals surface area contributed by atoms with E-state index in [0.29, 0.717) is 22.4 Å². The van der Waals surface area contributed by atoms with Crippen LogP contribution in [0.5, 0.6) is 0 Å². The first-order valence-electron chi connectivity index (χ1n) is 5.79. The number of aliphatic hydroxyl groups excluding tert-OH is 1. The van der Waals surface area contributed by atoms with Crippen LogP contribution < -0.4 is 0 Å². The molecule has 1 aliphatic carbocycles. The molecular weight excluding hydrogens is 243 g/mol. The first-order valence-corrected chi connectivity index (χ1v) is 6.55. The SMILES string of the molecule is OC(Cc1cccc(Cl)c1Cl)C1CCCC1. The summed E-state index contributed by atoms with van der Waals surface area (Å²) >= 11 is 12.0. The molecule has 1 aliphatic rings. The van der Waals surface area contributed by atoms with E-state index in [-0.39, 0.29) is 6.10 Å². The lowest BCUT2D eigenvalue weighted by molar-refractivity contribution is 0.111. The van der Waals surface area contributed by atoms with Gasteiger partial charge in [0.05, 0.1) is 16.1 Å². The van der Waals surface area contributed by atoms with Crippen LogP contribution in [0.2, 0.25) is 10.0 Å². The van der Waals surface area contributed by atoms with Crippen molar-refractivity contribution in [1.29, 1.82) is 0 Å². The predicted molar refractivity (Wildman–Crippen MR) is 68.1 cm³/mol.